The zero-order chi connectivity index (χ0) is 12.8. The molecule has 0 atom stereocenters. The maximum atomic E-state index is 10.2. The van der Waals surface area contributed by atoms with Crippen LogP contribution in [0.2, 0.25) is 0 Å². The summed E-state index contributed by atoms with van der Waals surface area (Å²) in [7, 11) is 0. The number of nitrogens with two attached hydrogens (primary N) is 1. The third kappa shape index (κ3) is 2.53. The zero-order valence-corrected chi connectivity index (χ0v) is 9.80. The van der Waals surface area contributed by atoms with E-state index < -0.39 is 0 Å². The van der Waals surface area contributed by atoms with Gasteiger partial charge in [-0.2, -0.15) is 0 Å². The second-order valence-electron chi connectivity index (χ2n) is 3.73. The van der Waals surface area contributed by atoms with Crippen LogP contribution in [0.25, 0.3) is 17.2 Å². The van der Waals surface area contributed by atoms with Gasteiger partial charge in [0.2, 0.25) is 0 Å². The van der Waals surface area contributed by atoms with E-state index in [1.54, 1.807) is 12.2 Å². The van der Waals surface area contributed by atoms with Crippen LogP contribution in [0.5, 0.6) is 5.75 Å². The minimum absolute atomic E-state index is 0.249. The van der Waals surface area contributed by atoms with Crippen molar-refractivity contribution in [3.63, 3.8) is 0 Å². The first-order chi connectivity index (χ1) is 8.83. The Morgan fingerprint density at radius 3 is 2.50 bits per heavy atom. The van der Waals surface area contributed by atoms with Gasteiger partial charge in [-0.25, -0.2) is 0 Å². The highest BCUT2D eigenvalue weighted by Gasteiger charge is 2.06. The molecule has 0 amide bonds. The molecule has 0 radical (unpaired) electrons. The van der Waals surface area contributed by atoms with Crippen LogP contribution < -0.4 is 5.73 Å². The lowest BCUT2D eigenvalue weighted by molar-refractivity contribution is 0.476. The molecule has 2 heteroatoms. The fraction of sp³-hybridized carbons (Fsp3) is 0. The first-order valence-electron chi connectivity index (χ1n) is 5.58. The highest BCUT2D eigenvalue weighted by atomic mass is 16.3. The molecule has 0 saturated carbocycles. The van der Waals surface area contributed by atoms with Crippen LogP contribution >= 0.6 is 0 Å². The number of aromatic hydroxyl groups is 1. The molecule has 0 aliphatic carbocycles. The molecule has 88 valence electrons. The van der Waals surface area contributed by atoms with Crippen molar-refractivity contribution in [2.75, 3.05) is 0 Å². The van der Waals surface area contributed by atoms with Gasteiger partial charge in [-0.1, -0.05) is 54.5 Å². The van der Waals surface area contributed by atoms with Crippen molar-refractivity contribution < 1.29 is 5.11 Å². The van der Waals surface area contributed by atoms with Crippen molar-refractivity contribution in [3.05, 3.63) is 60.2 Å². The quantitative estimate of drug-likeness (QED) is 0.621. The van der Waals surface area contributed by atoms with E-state index in [2.05, 4.69) is 12.0 Å². The van der Waals surface area contributed by atoms with Crippen molar-refractivity contribution >= 4 is 6.08 Å². The molecule has 2 nitrogen and oxygen atoms in total. The number of rotatable bonds is 2. The predicted molar refractivity (Wildman–Crippen MR) is 74.5 cm³/mol. The lowest BCUT2D eigenvalue weighted by Gasteiger charge is -2.07. The molecule has 0 fully saturated rings. The van der Waals surface area contributed by atoms with E-state index in [0.29, 0.717) is 0 Å². The highest BCUT2D eigenvalue weighted by molar-refractivity contribution is 5.76. The topological polar surface area (TPSA) is 46.2 Å². The van der Waals surface area contributed by atoms with E-state index >= 15 is 0 Å². The van der Waals surface area contributed by atoms with Gasteiger partial charge in [0.25, 0.3) is 0 Å². The molecule has 0 spiro atoms. The average molecular weight is 235 g/mol. The summed E-state index contributed by atoms with van der Waals surface area (Å²) in [5, 5.41) is 10.2. The summed E-state index contributed by atoms with van der Waals surface area (Å²) in [6, 6.07) is 17.7. The van der Waals surface area contributed by atoms with E-state index in [1.807, 2.05) is 48.5 Å². The molecule has 3 N–H and O–H groups in total. The normalized spacial score (nSPS) is 10.0. The van der Waals surface area contributed by atoms with E-state index in [4.69, 9.17) is 5.73 Å². The SMILES string of the molecule is NC#CC=Cc1cccc(-c2ccccc2)c1O. The van der Waals surface area contributed by atoms with Gasteiger partial charge < -0.3 is 10.8 Å². The fourth-order valence-corrected chi connectivity index (χ4v) is 1.73. The smallest absolute Gasteiger partial charge is 0.130 e. The van der Waals surface area contributed by atoms with Gasteiger partial charge in [0.15, 0.2) is 0 Å². The van der Waals surface area contributed by atoms with E-state index in [1.165, 1.54) is 0 Å². The Kier molecular flexibility index (Phi) is 3.68. The Hall–Kier alpha value is -2.66. The first-order valence-corrected chi connectivity index (χ1v) is 5.58. The largest absolute Gasteiger partial charge is 0.507 e. The Morgan fingerprint density at radius 1 is 1.00 bits per heavy atom. The molecular weight excluding hydrogens is 222 g/mol. The minimum atomic E-state index is 0.249. The number of hydrogen-bond acceptors (Lipinski definition) is 2. The monoisotopic (exact) mass is 235 g/mol. The number of allylic oxidation sites excluding steroid dienone is 1. The molecule has 2 aromatic carbocycles. The van der Waals surface area contributed by atoms with Crippen LogP contribution in [0.3, 0.4) is 0 Å². The van der Waals surface area contributed by atoms with Crippen molar-refractivity contribution in [1.82, 2.24) is 0 Å². The Labute approximate surface area is 106 Å². The number of para-hydroxylation sites is 1. The van der Waals surface area contributed by atoms with Crippen LogP contribution in [-0.2, 0) is 0 Å². The molecule has 2 rings (SSSR count). The molecule has 0 heterocycles. The standard InChI is InChI=1S/C16H13NO/c17-12-5-4-9-14-10-6-11-15(16(14)18)13-7-2-1-3-8-13/h1-4,6-11,18H,17H2. The summed E-state index contributed by atoms with van der Waals surface area (Å²) >= 11 is 0. The van der Waals surface area contributed by atoms with Gasteiger partial charge in [0, 0.05) is 17.2 Å². The second-order valence-corrected chi connectivity index (χ2v) is 3.73. The van der Waals surface area contributed by atoms with Gasteiger partial charge in [0.1, 0.15) is 5.75 Å². The predicted octanol–water partition coefficient (Wildman–Crippen LogP) is 2.99. The third-order valence-corrected chi connectivity index (χ3v) is 2.58. The van der Waals surface area contributed by atoms with Crippen LogP contribution in [0.1, 0.15) is 5.56 Å². The van der Waals surface area contributed by atoms with Crippen LogP contribution in [-0.4, -0.2) is 5.11 Å². The Morgan fingerprint density at radius 2 is 1.78 bits per heavy atom. The maximum absolute atomic E-state index is 10.2. The summed E-state index contributed by atoms with van der Waals surface area (Å²) < 4.78 is 0. The summed E-state index contributed by atoms with van der Waals surface area (Å²) in [5.41, 5.74) is 7.58. The summed E-state index contributed by atoms with van der Waals surface area (Å²) in [4.78, 5) is 0. The van der Waals surface area contributed by atoms with Crippen molar-refractivity contribution in [2.24, 2.45) is 5.73 Å². The Balaban J connectivity index is 2.44. The minimum Gasteiger partial charge on any atom is -0.507 e. The molecule has 0 saturated heterocycles. The fourth-order valence-electron chi connectivity index (χ4n) is 1.73. The van der Waals surface area contributed by atoms with E-state index in [-0.39, 0.29) is 5.75 Å². The average Bonchev–Trinajstić information content (AvgIpc) is 2.42. The molecule has 0 aliphatic rings. The molecule has 0 aromatic heterocycles. The molecular formula is C16H13NO. The molecule has 18 heavy (non-hydrogen) atoms. The second kappa shape index (κ2) is 5.60. The lowest BCUT2D eigenvalue weighted by Crippen LogP contribution is -1.82. The Bertz CT molecular complexity index is 619. The summed E-state index contributed by atoms with van der Waals surface area (Å²) in [5.74, 6) is 2.87. The van der Waals surface area contributed by atoms with E-state index in [9.17, 15) is 5.11 Å². The third-order valence-electron chi connectivity index (χ3n) is 2.58. The van der Waals surface area contributed by atoms with Crippen molar-refractivity contribution in [1.29, 1.82) is 0 Å². The zero-order valence-electron chi connectivity index (χ0n) is 9.80. The molecule has 0 unspecified atom stereocenters. The lowest BCUT2D eigenvalue weighted by atomic mass is 10.0. The number of phenols is 1. The van der Waals surface area contributed by atoms with Crippen molar-refractivity contribution in [3.8, 4) is 28.8 Å². The van der Waals surface area contributed by atoms with E-state index in [0.717, 1.165) is 16.7 Å². The first kappa shape index (κ1) is 11.8. The number of phenolic OH excluding ortho intramolecular Hbond substituents is 1. The van der Waals surface area contributed by atoms with Gasteiger partial charge in [0.05, 0.1) is 0 Å². The number of benzene rings is 2. The summed E-state index contributed by atoms with van der Waals surface area (Å²) in [6.07, 6.45) is 3.35. The highest BCUT2D eigenvalue weighted by Crippen LogP contribution is 2.32. The molecule has 2 aromatic rings. The number of hydrogen-bond donors (Lipinski definition) is 2. The van der Waals surface area contributed by atoms with Crippen LogP contribution in [0.4, 0.5) is 0 Å². The molecule has 0 bridgehead atoms. The van der Waals surface area contributed by atoms with Gasteiger partial charge >= 0.3 is 0 Å². The van der Waals surface area contributed by atoms with Crippen LogP contribution in [0, 0.1) is 12.0 Å². The van der Waals surface area contributed by atoms with Gasteiger partial charge in [-0.15, -0.1) is 0 Å². The van der Waals surface area contributed by atoms with Gasteiger partial charge in [-0.3, -0.25) is 0 Å². The maximum Gasteiger partial charge on any atom is 0.130 e. The van der Waals surface area contributed by atoms with Gasteiger partial charge in [-0.05, 0) is 17.7 Å². The molecule has 0 aliphatic heterocycles. The summed E-state index contributed by atoms with van der Waals surface area (Å²) in [6.45, 7) is 0. The van der Waals surface area contributed by atoms with Crippen LogP contribution in [0.15, 0.2) is 54.6 Å². The van der Waals surface area contributed by atoms with Crippen molar-refractivity contribution in [2.45, 2.75) is 0 Å².